The second-order valence-corrected chi connectivity index (χ2v) is 7.54. The van der Waals surface area contributed by atoms with E-state index in [1.807, 2.05) is 0 Å². The summed E-state index contributed by atoms with van der Waals surface area (Å²) in [5.41, 5.74) is 3.91. The molecular weight excluding hydrogens is 351 g/mol. The second kappa shape index (κ2) is 7.45. The van der Waals surface area contributed by atoms with Gasteiger partial charge in [-0.25, -0.2) is 9.18 Å². The maximum Gasteiger partial charge on any atom is 0.410 e. The zero-order chi connectivity index (χ0) is 18.8. The van der Waals surface area contributed by atoms with E-state index >= 15 is 0 Å². The molecule has 6 nitrogen and oxygen atoms in total. The standard InChI is InChI=1S/C17H24ClFN2O4/c1-16(2,3)25-15(22)21-6-7-24-14(17(23,9-20)10-21)11-4-5-12(18)13(19)8-11/h4-5,8,14,23H,6-7,9-10,20H2,1-3H3/t14-,17+/m0/s1. The molecule has 1 aliphatic rings. The summed E-state index contributed by atoms with van der Waals surface area (Å²) in [4.78, 5) is 13.7. The Hall–Kier alpha value is -1.41. The van der Waals surface area contributed by atoms with E-state index in [2.05, 4.69) is 0 Å². The van der Waals surface area contributed by atoms with Crippen molar-refractivity contribution in [1.29, 1.82) is 0 Å². The molecule has 3 N–H and O–H groups in total. The normalized spacial score (nSPS) is 24.8. The number of halogens is 2. The second-order valence-electron chi connectivity index (χ2n) is 7.13. The third kappa shape index (κ3) is 4.82. The summed E-state index contributed by atoms with van der Waals surface area (Å²) in [5.74, 6) is -0.615. The first-order chi connectivity index (χ1) is 11.6. The maximum atomic E-state index is 13.8. The molecule has 0 unspecified atom stereocenters. The summed E-state index contributed by atoms with van der Waals surface area (Å²) >= 11 is 5.71. The van der Waals surface area contributed by atoms with Crippen molar-refractivity contribution in [1.82, 2.24) is 4.90 Å². The van der Waals surface area contributed by atoms with Gasteiger partial charge in [-0.3, -0.25) is 0 Å². The lowest BCUT2D eigenvalue weighted by Crippen LogP contribution is -2.53. The van der Waals surface area contributed by atoms with Gasteiger partial charge in [0.15, 0.2) is 0 Å². The molecule has 1 fully saturated rings. The predicted molar refractivity (Wildman–Crippen MR) is 91.9 cm³/mol. The number of aliphatic hydroxyl groups is 1. The van der Waals surface area contributed by atoms with Gasteiger partial charge >= 0.3 is 6.09 Å². The molecule has 0 aliphatic carbocycles. The van der Waals surface area contributed by atoms with E-state index in [0.29, 0.717) is 5.56 Å². The van der Waals surface area contributed by atoms with E-state index in [1.165, 1.54) is 17.0 Å². The fourth-order valence-electron chi connectivity index (χ4n) is 2.66. The van der Waals surface area contributed by atoms with Crippen molar-refractivity contribution in [3.63, 3.8) is 0 Å². The summed E-state index contributed by atoms with van der Waals surface area (Å²) in [7, 11) is 0. The molecule has 1 aromatic rings. The molecule has 0 spiro atoms. The maximum absolute atomic E-state index is 13.8. The summed E-state index contributed by atoms with van der Waals surface area (Å²) < 4.78 is 24.9. The molecule has 0 radical (unpaired) electrons. The molecule has 0 aromatic heterocycles. The average molecular weight is 375 g/mol. The number of nitrogens with zero attached hydrogens (tertiary/aromatic N) is 1. The molecule has 0 saturated carbocycles. The zero-order valence-corrected chi connectivity index (χ0v) is 15.3. The first-order valence-electron chi connectivity index (χ1n) is 8.03. The monoisotopic (exact) mass is 374 g/mol. The van der Waals surface area contributed by atoms with E-state index in [4.69, 9.17) is 26.8 Å². The predicted octanol–water partition coefficient (Wildman–Crippen LogP) is 2.48. The fourth-order valence-corrected chi connectivity index (χ4v) is 2.78. The number of hydrogen-bond acceptors (Lipinski definition) is 5. The third-order valence-electron chi connectivity index (χ3n) is 3.85. The van der Waals surface area contributed by atoms with Gasteiger partial charge in [-0.2, -0.15) is 0 Å². The smallest absolute Gasteiger partial charge is 0.410 e. The molecule has 1 saturated heterocycles. The van der Waals surface area contributed by atoms with Crippen LogP contribution in [0.25, 0.3) is 0 Å². The van der Waals surface area contributed by atoms with Crippen LogP contribution in [-0.4, -0.2) is 53.5 Å². The summed E-state index contributed by atoms with van der Waals surface area (Å²) in [6, 6.07) is 4.17. The van der Waals surface area contributed by atoms with Crippen LogP contribution in [0, 0.1) is 5.82 Å². The molecule has 1 aliphatic heterocycles. The summed E-state index contributed by atoms with van der Waals surface area (Å²) in [6.07, 6.45) is -1.46. The highest BCUT2D eigenvalue weighted by Gasteiger charge is 2.43. The van der Waals surface area contributed by atoms with Crippen molar-refractivity contribution in [2.75, 3.05) is 26.2 Å². The Balaban J connectivity index is 2.27. The SMILES string of the molecule is CC(C)(C)OC(=O)N1CCO[C@@H](c2ccc(Cl)c(F)c2)[C@@](O)(CN)C1. The molecule has 8 heteroatoms. The topological polar surface area (TPSA) is 85.0 Å². The van der Waals surface area contributed by atoms with Crippen molar-refractivity contribution >= 4 is 17.7 Å². The minimum absolute atomic E-state index is 0.0240. The Bertz CT molecular complexity index is 638. The minimum Gasteiger partial charge on any atom is -0.444 e. The van der Waals surface area contributed by atoms with Gasteiger partial charge in [0.1, 0.15) is 23.1 Å². The lowest BCUT2D eigenvalue weighted by molar-refractivity contribution is -0.0941. The molecule has 2 atom stereocenters. The van der Waals surface area contributed by atoms with Crippen LogP contribution in [0.4, 0.5) is 9.18 Å². The average Bonchev–Trinajstić information content (AvgIpc) is 2.68. The van der Waals surface area contributed by atoms with Crippen molar-refractivity contribution in [2.24, 2.45) is 5.73 Å². The van der Waals surface area contributed by atoms with Crippen molar-refractivity contribution < 1.29 is 23.8 Å². The van der Waals surface area contributed by atoms with Crippen LogP contribution in [0.2, 0.25) is 5.02 Å². The number of carbonyl (C=O) groups excluding carboxylic acids is 1. The lowest BCUT2D eigenvalue weighted by Gasteiger charge is -2.36. The Morgan fingerprint density at radius 3 is 2.80 bits per heavy atom. The highest BCUT2D eigenvalue weighted by atomic mass is 35.5. The molecule has 1 amide bonds. The van der Waals surface area contributed by atoms with E-state index in [-0.39, 0.29) is 31.3 Å². The zero-order valence-electron chi connectivity index (χ0n) is 14.6. The lowest BCUT2D eigenvalue weighted by atomic mass is 9.90. The highest BCUT2D eigenvalue weighted by Crippen LogP contribution is 2.34. The molecule has 25 heavy (non-hydrogen) atoms. The van der Waals surface area contributed by atoms with Gasteiger partial charge in [0.2, 0.25) is 0 Å². The Morgan fingerprint density at radius 1 is 1.56 bits per heavy atom. The number of carbonyl (C=O) groups is 1. The number of amides is 1. The molecule has 140 valence electrons. The third-order valence-corrected chi connectivity index (χ3v) is 4.16. The van der Waals surface area contributed by atoms with Gasteiger partial charge < -0.3 is 25.2 Å². The Kier molecular flexibility index (Phi) is 5.93. The van der Waals surface area contributed by atoms with Crippen molar-refractivity contribution in [3.05, 3.63) is 34.6 Å². The van der Waals surface area contributed by atoms with Crippen LogP contribution in [0.1, 0.15) is 32.4 Å². The van der Waals surface area contributed by atoms with Gasteiger partial charge in [0, 0.05) is 13.1 Å². The highest BCUT2D eigenvalue weighted by molar-refractivity contribution is 6.30. The fraction of sp³-hybridized carbons (Fsp3) is 0.588. The van der Waals surface area contributed by atoms with Crippen molar-refractivity contribution in [2.45, 2.75) is 38.1 Å². The molecular formula is C17H24ClFN2O4. The number of benzene rings is 1. The van der Waals surface area contributed by atoms with Crippen LogP contribution in [0.3, 0.4) is 0 Å². The van der Waals surface area contributed by atoms with Gasteiger partial charge in [-0.05, 0) is 38.5 Å². The van der Waals surface area contributed by atoms with E-state index in [0.717, 1.165) is 0 Å². The number of nitrogens with two attached hydrogens (primary N) is 1. The first-order valence-corrected chi connectivity index (χ1v) is 8.40. The summed E-state index contributed by atoms with van der Waals surface area (Å²) in [6.45, 7) is 5.38. The quantitative estimate of drug-likeness (QED) is 0.830. The number of rotatable bonds is 2. The van der Waals surface area contributed by atoms with Crippen LogP contribution in [0.5, 0.6) is 0 Å². The molecule has 1 aromatic carbocycles. The number of hydrogen-bond donors (Lipinski definition) is 2. The Morgan fingerprint density at radius 2 is 2.24 bits per heavy atom. The largest absolute Gasteiger partial charge is 0.444 e. The van der Waals surface area contributed by atoms with E-state index < -0.39 is 29.2 Å². The van der Waals surface area contributed by atoms with Crippen LogP contribution >= 0.6 is 11.6 Å². The molecule has 1 heterocycles. The van der Waals surface area contributed by atoms with Gasteiger partial charge in [0.05, 0.1) is 18.2 Å². The minimum atomic E-state index is -1.59. The first kappa shape index (κ1) is 19.9. The summed E-state index contributed by atoms with van der Waals surface area (Å²) in [5, 5.41) is 11.0. The van der Waals surface area contributed by atoms with E-state index in [1.54, 1.807) is 26.8 Å². The number of ether oxygens (including phenoxy) is 2. The molecule has 0 bridgehead atoms. The van der Waals surface area contributed by atoms with Gasteiger partial charge in [-0.1, -0.05) is 17.7 Å². The van der Waals surface area contributed by atoms with Crippen LogP contribution in [0.15, 0.2) is 18.2 Å². The number of β-amino-alcohol motifs (C(OH)–C–C–N with tert-alkyl or cyclic N) is 1. The van der Waals surface area contributed by atoms with Crippen LogP contribution in [-0.2, 0) is 9.47 Å². The van der Waals surface area contributed by atoms with Crippen molar-refractivity contribution in [3.8, 4) is 0 Å². The molecule has 2 rings (SSSR count). The van der Waals surface area contributed by atoms with Crippen LogP contribution < -0.4 is 5.73 Å². The van der Waals surface area contributed by atoms with Gasteiger partial charge in [-0.15, -0.1) is 0 Å². The van der Waals surface area contributed by atoms with E-state index in [9.17, 15) is 14.3 Å². The Labute approximate surface area is 151 Å². The van der Waals surface area contributed by atoms with Gasteiger partial charge in [0.25, 0.3) is 0 Å².